The van der Waals surface area contributed by atoms with Crippen LogP contribution in [0.2, 0.25) is 0 Å². The minimum absolute atomic E-state index is 0.000868. The van der Waals surface area contributed by atoms with E-state index in [1.54, 1.807) is 4.90 Å². The molecule has 0 bridgehead atoms. The van der Waals surface area contributed by atoms with Gasteiger partial charge in [-0.15, -0.1) is 5.10 Å². The lowest BCUT2D eigenvalue weighted by Gasteiger charge is -2.32. The second-order valence-electron chi connectivity index (χ2n) is 4.73. The van der Waals surface area contributed by atoms with Crippen molar-refractivity contribution in [1.29, 1.82) is 0 Å². The lowest BCUT2D eigenvalue weighted by Crippen LogP contribution is -2.46. The maximum absolute atomic E-state index is 12.1. The third-order valence-corrected chi connectivity index (χ3v) is 3.16. The van der Waals surface area contributed by atoms with E-state index >= 15 is 0 Å². The Kier molecular flexibility index (Phi) is 4.67. The van der Waals surface area contributed by atoms with Gasteiger partial charge >= 0.3 is 5.97 Å². The first kappa shape index (κ1) is 14.4. The van der Waals surface area contributed by atoms with Gasteiger partial charge in [-0.2, -0.15) is 0 Å². The Morgan fingerprint density at radius 2 is 2.35 bits per heavy atom. The molecule has 20 heavy (non-hydrogen) atoms. The molecule has 0 aromatic carbocycles. The number of carbonyl (C=O) groups excluding carboxylic acids is 1. The van der Waals surface area contributed by atoms with Crippen LogP contribution in [0.25, 0.3) is 0 Å². The highest BCUT2D eigenvalue weighted by atomic mass is 16.5. The summed E-state index contributed by atoms with van der Waals surface area (Å²) in [6.45, 7) is 3.74. The third-order valence-electron chi connectivity index (χ3n) is 3.16. The summed E-state index contributed by atoms with van der Waals surface area (Å²) in [7, 11) is 0. The number of morpholine rings is 1. The zero-order valence-corrected chi connectivity index (χ0v) is 11.4. The number of aromatic nitrogens is 3. The van der Waals surface area contributed by atoms with E-state index in [0.29, 0.717) is 19.7 Å². The van der Waals surface area contributed by atoms with Crippen LogP contribution in [0, 0.1) is 0 Å². The van der Waals surface area contributed by atoms with Crippen molar-refractivity contribution in [3.8, 4) is 0 Å². The summed E-state index contributed by atoms with van der Waals surface area (Å²) >= 11 is 0. The van der Waals surface area contributed by atoms with Crippen molar-refractivity contribution in [1.82, 2.24) is 19.9 Å². The molecule has 1 fully saturated rings. The summed E-state index contributed by atoms with van der Waals surface area (Å²) in [4.78, 5) is 24.5. The van der Waals surface area contributed by atoms with Crippen molar-refractivity contribution >= 4 is 11.9 Å². The number of amides is 1. The van der Waals surface area contributed by atoms with E-state index in [9.17, 15) is 9.59 Å². The van der Waals surface area contributed by atoms with Crippen molar-refractivity contribution < 1.29 is 19.4 Å². The fourth-order valence-corrected chi connectivity index (χ4v) is 2.15. The molecule has 1 aromatic rings. The van der Waals surface area contributed by atoms with Gasteiger partial charge in [-0.25, -0.2) is 9.48 Å². The SMILES string of the molecule is CCCC1CN(C(=O)Cn2cc(C(=O)O)nn2)CCO1. The second kappa shape index (κ2) is 6.47. The Morgan fingerprint density at radius 3 is 3.00 bits per heavy atom. The maximum atomic E-state index is 12.1. The molecule has 110 valence electrons. The van der Waals surface area contributed by atoms with E-state index in [0.717, 1.165) is 12.8 Å². The molecule has 2 rings (SSSR count). The standard InChI is InChI=1S/C12H18N4O4/c1-2-3-9-6-15(4-5-20-9)11(17)8-16-7-10(12(18)19)13-14-16/h7,9H,2-6,8H2,1H3,(H,18,19). The molecule has 1 N–H and O–H groups in total. The van der Waals surface area contributed by atoms with E-state index in [1.807, 2.05) is 0 Å². The van der Waals surface area contributed by atoms with Crippen molar-refractivity contribution in [3.05, 3.63) is 11.9 Å². The summed E-state index contributed by atoms with van der Waals surface area (Å²) in [5.41, 5.74) is -0.163. The number of hydrogen-bond donors (Lipinski definition) is 1. The van der Waals surface area contributed by atoms with Gasteiger partial charge in [0.2, 0.25) is 5.91 Å². The molecular weight excluding hydrogens is 264 g/mol. The van der Waals surface area contributed by atoms with Crippen LogP contribution in [-0.2, 0) is 16.1 Å². The molecule has 1 aromatic heterocycles. The van der Waals surface area contributed by atoms with Gasteiger partial charge in [0.15, 0.2) is 5.69 Å². The molecule has 1 amide bonds. The fraction of sp³-hybridized carbons (Fsp3) is 0.667. The van der Waals surface area contributed by atoms with Crippen LogP contribution in [0.1, 0.15) is 30.3 Å². The molecule has 1 atom stereocenters. The summed E-state index contributed by atoms with van der Waals surface area (Å²) in [6, 6.07) is 0. The molecule has 0 spiro atoms. The molecule has 0 radical (unpaired) electrons. The Morgan fingerprint density at radius 1 is 1.55 bits per heavy atom. The van der Waals surface area contributed by atoms with Crippen molar-refractivity contribution in [2.24, 2.45) is 0 Å². The number of aromatic carboxylic acids is 1. The topological polar surface area (TPSA) is 97.6 Å². The van der Waals surface area contributed by atoms with E-state index in [1.165, 1.54) is 10.9 Å². The highest BCUT2D eigenvalue weighted by Gasteiger charge is 2.24. The number of rotatable bonds is 5. The minimum atomic E-state index is -1.15. The van der Waals surface area contributed by atoms with Gasteiger partial charge in [0, 0.05) is 13.1 Å². The Labute approximate surface area is 116 Å². The zero-order chi connectivity index (χ0) is 14.5. The number of carbonyl (C=O) groups is 2. The molecule has 8 nitrogen and oxygen atoms in total. The molecule has 2 heterocycles. The zero-order valence-electron chi connectivity index (χ0n) is 11.4. The smallest absolute Gasteiger partial charge is 0.358 e. The number of carboxylic acid groups (broad SMARTS) is 1. The molecular formula is C12H18N4O4. The predicted octanol–water partition coefficient (Wildman–Crippen LogP) is 0.00380. The Bertz CT molecular complexity index is 486. The Balaban J connectivity index is 1.91. The normalized spacial score (nSPS) is 19.1. The second-order valence-corrected chi connectivity index (χ2v) is 4.73. The highest BCUT2D eigenvalue weighted by molar-refractivity contribution is 5.84. The summed E-state index contributed by atoms with van der Waals surface area (Å²) < 4.78 is 6.82. The number of carboxylic acids is 1. The van der Waals surface area contributed by atoms with Gasteiger partial charge < -0.3 is 14.7 Å². The number of hydrogen-bond acceptors (Lipinski definition) is 5. The summed E-state index contributed by atoms with van der Waals surface area (Å²) in [5, 5.41) is 15.9. The molecule has 8 heteroatoms. The average Bonchev–Trinajstić information content (AvgIpc) is 2.88. The van der Waals surface area contributed by atoms with E-state index in [2.05, 4.69) is 17.2 Å². The third kappa shape index (κ3) is 3.53. The summed E-state index contributed by atoms with van der Waals surface area (Å²) in [5.74, 6) is -1.26. The first-order valence-corrected chi connectivity index (χ1v) is 6.63. The first-order chi connectivity index (χ1) is 9.60. The fourth-order valence-electron chi connectivity index (χ4n) is 2.15. The van der Waals surface area contributed by atoms with Crippen LogP contribution in [0.5, 0.6) is 0 Å². The van der Waals surface area contributed by atoms with E-state index < -0.39 is 5.97 Å². The van der Waals surface area contributed by atoms with Crippen LogP contribution < -0.4 is 0 Å². The van der Waals surface area contributed by atoms with Crippen LogP contribution in [-0.4, -0.2) is 62.7 Å². The Hall–Kier alpha value is -1.96. The molecule has 1 aliphatic heterocycles. The maximum Gasteiger partial charge on any atom is 0.358 e. The monoisotopic (exact) mass is 282 g/mol. The lowest BCUT2D eigenvalue weighted by molar-refractivity contribution is -0.139. The molecule has 1 saturated heterocycles. The first-order valence-electron chi connectivity index (χ1n) is 6.63. The highest BCUT2D eigenvalue weighted by Crippen LogP contribution is 2.11. The lowest BCUT2D eigenvalue weighted by atomic mass is 10.1. The minimum Gasteiger partial charge on any atom is -0.476 e. The summed E-state index contributed by atoms with van der Waals surface area (Å²) in [6.07, 6.45) is 3.28. The van der Waals surface area contributed by atoms with Gasteiger partial charge in [0.1, 0.15) is 6.54 Å². The van der Waals surface area contributed by atoms with E-state index in [4.69, 9.17) is 9.84 Å². The van der Waals surface area contributed by atoms with Crippen molar-refractivity contribution in [3.63, 3.8) is 0 Å². The number of nitrogens with zero attached hydrogens (tertiary/aromatic N) is 4. The van der Waals surface area contributed by atoms with Crippen molar-refractivity contribution in [2.75, 3.05) is 19.7 Å². The quantitative estimate of drug-likeness (QED) is 0.816. The molecule has 1 aliphatic rings. The van der Waals surface area contributed by atoms with Crippen LogP contribution in [0.4, 0.5) is 0 Å². The average molecular weight is 282 g/mol. The molecule has 1 unspecified atom stereocenters. The van der Waals surface area contributed by atoms with Crippen molar-refractivity contribution in [2.45, 2.75) is 32.4 Å². The van der Waals surface area contributed by atoms with Crippen LogP contribution >= 0.6 is 0 Å². The number of ether oxygens (including phenoxy) is 1. The largest absolute Gasteiger partial charge is 0.476 e. The van der Waals surface area contributed by atoms with Crippen LogP contribution in [0.3, 0.4) is 0 Å². The van der Waals surface area contributed by atoms with Gasteiger partial charge in [-0.3, -0.25) is 4.79 Å². The van der Waals surface area contributed by atoms with E-state index in [-0.39, 0.29) is 24.2 Å². The predicted molar refractivity (Wildman–Crippen MR) is 68.2 cm³/mol. The van der Waals surface area contributed by atoms with Gasteiger partial charge in [-0.05, 0) is 6.42 Å². The molecule has 0 aliphatic carbocycles. The molecule has 0 saturated carbocycles. The van der Waals surface area contributed by atoms with Gasteiger partial charge in [-0.1, -0.05) is 18.6 Å². The van der Waals surface area contributed by atoms with Crippen LogP contribution in [0.15, 0.2) is 6.20 Å². The van der Waals surface area contributed by atoms with Gasteiger partial charge in [0.25, 0.3) is 0 Å². The van der Waals surface area contributed by atoms with Gasteiger partial charge in [0.05, 0.1) is 18.9 Å².